The Balaban J connectivity index is 1.54. The van der Waals surface area contributed by atoms with E-state index in [0.29, 0.717) is 31.0 Å². The number of carbonyl (C=O) groups is 1. The van der Waals surface area contributed by atoms with Gasteiger partial charge in [0.25, 0.3) is 0 Å². The Hall–Kier alpha value is -2.77. The van der Waals surface area contributed by atoms with Crippen LogP contribution in [0.5, 0.6) is 11.5 Å². The molecule has 1 aromatic carbocycles. The molecule has 0 atom stereocenters. The zero-order chi connectivity index (χ0) is 19.2. The van der Waals surface area contributed by atoms with Crippen LogP contribution in [0.3, 0.4) is 0 Å². The van der Waals surface area contributed by atoms with Gasteiger partial charge in [0.2, 0.25) is 5.91 Å². The van der Waals surface area contributed by atoms with Crippen LogP contribution < -0.4 is 20.5 Å². The first kappa shape index (κ1) is 19.0. The lowest BCUT2D eigenvalue weighted by Crippen LogP contribution is -2.34. The average molecular weight is 374 g/mol. The Bertz CT molecular complexity index is 856. The molecular weight excluding hydrogens is 348 g/mol. The molecule has 0 aliphatic carbocycles. The van der Waals surface area contributed by atoms with Gasteiger partial charge in [0.15, 0.2) is 11.5 Å². The van der Waals surface area contributed by atoms with E-state index in [1.54, 1.807) is 18.8 Å². The highest BCUT2D eigenvalue weighted by atomic mass is 16.5. The van der Waals surface area contributed by atoms with E-state index in [1.165, 1.54) is 4.68 Å². The highest BCUT2D eigenvalue weighted by Gasteiger charge is 2.17. The van der Waals surface area contributed by atoms with E-state index in [4.69, 9.17) is 9.47 Å². The predicted octanol–water partition coefficient (Wildman–Crippen LogP) is 1.15. The van der Waals surface area contributed by atoms with Crippen molar-refractivity contribution < 1.29 is 14.3 Å². The maximum Gasteiger partial charge on any atom is 0.346 e. The number of nitrogens with one attached hydrogen (secondary N) is 1. The van der Waals surface area contributed by atoms with Crippen molar-refractivity contribution in [3.63, 3.8) is 0 Å². The number of carbonyl (C=O) groups excluding carboxylic acids is 1. The quantitative estimate of drug-likeness (QED) is 0.785. The molecule has 0 spiro atoms. The van der Waals surface area contributed by atoms with E-state index in [9.17, 15) is 9.59 Å². The van der Waals surface area contributed by atoms with Gasteiger partial charge in [-0.05, 0) is 37.0 Å². The summed E-state index contributed by atoms with van der Waals surface area (Å²) in [6, 6.07) is 5.67. The first-order valence-corrected chi connectivity index (χ1v) is 9.26. The van der Waals surface area contributed by atoms with Crippen LogP contribution in [0.1, 0.15) is 30.7 Å². The van der Waals surface area contributed by atoms with Crippen molar-refractivity contribution in [1.82, 2.24) is 19.7 Å². The smallest absolute Gasteiger partial charge is 0.346 e. The standard InChI is InChI=1S/C19H26N4O4/c1-26-15-8-7-14(12-16(15)27-2)9-10-20-18(24)13-23-19(25)22-11-5-3-4-6-17(22)21-23/h7-8,12H,3-6,9-11,13H2,1-2H3,(H,20,24). The molecule has 2 aromatic rings. The lowest BCUT2D eigenvalue weighted by atomic mass is 10.1. The monoisotopic (exact) mass is 374 g/mol. The van der Waals surface area contributed by atoms with Crippen LogP contribution >= 0.6 is 0 Å². The summed E-state index contributed by atoms with van der Waals surface area (Å²) < 4.78 is 13.5. The predicted molar refractivity (Wildman–Crippen MR) is 100 cm³/mol. The number of methoxy groups -OCH3 is 2. The Kier molecular flexibility index (Phi) is 6.16. The Morgan fingerprint density at radius 3 is 2.78 bits per heavy atom. The van der Waals surface area contributed by atoms with Gasteiger partial charge in [0.05, 0.1) is 14.2 Å². The molecule has 8 heteroatoms. The Labute approximate surface area is 158 Å². The van der Waals surface area contributed by atoms with E-state index in [0.717, 1.165) is 37.1 Å². The van der Waals surface area contributed by atoms with Crippen molar-refractivity contribution in [3.8, 4) is 11.5 Å². The van der Waals surface area contributed by atoms with E-state index < -0.39 is 0 Å². The van der Waals surface area contributed by atoms with E-state index in [-0.39, 0.29) is 18.1 Å². The van der Waals surface area contributed by atoms with Crippen LogP contribution in [0, 0.1) is 0 Å². The molecule has 3 rings (SSSR count). The molecule has 0 unspecified atom stereocenters. The second-order valence-corrected chi connectivity index (χ2v) is 6.61. The van der Waals surface area contributed by atoms with Crippen LogP contribution in [0.15, 0.2) is 23.0 Å². The van der Waals surface area contributed by atoms with Gasteiger partial charge in [-0.1, -0.05) is 12.5 Å². The second-order valence-electron chi connectivity index (χ2n) is 6.61. The molecule has 1 aliphatic rings. The molecule has 0 radical (unpaired) electrons. The molecule has 0 fully saturated rings. The third-order valence-electron chi connectivity index (χ3n) is 4.76. The summed E-state index contributed by atoms with van der Waals surface area (Å²) >= 11 is 0. The number of ether oxygens (including phenoxy) is 2. The third kappa shape index (κ3) is 4.50. The van der Waals surface area contributed by atoms with Gasteiger partial charge in [0.1, 0.15) is 12.4 Å². The second kappa shape index (κ2) is 8.75. The SMILES string of the molecule is COc1ccc(CCNC(=O)Cn2nc3n(c2=O)CCCCC3)cc1OC. The highest BCUT2D eigenvalue weighted by Crippen LogP contribution is 2.27. The number of amides is 1. The fourth-order valence-electron chi connectivity index (χ4n) is 3.30. The van der Waals surface area contributed by atoms with Crippen molar-refractivity contribution in [2.75, 3.05) is 20.8 Å². The molecule has 1 N–H and O–H groups in total. The summed E-state index contributed by atoms with van der Waals surface area (Å²) in [6.45, 7) is 1.11. The van der Waals surface area contributed by atoms with Gasteiger partial charge >= 0.3 is 5.69 Å². The molecule has 146 valence electrons. The van der Waals surface area contributed by atoms with Gasteiger partial charge in [0, 0.05) is 19.5 Å². The first-order valence-electron chi connectivity index (χ1n) is 9.26. The molecule has 1 aliphatic heterocycles. The molecule has 2 heterocycles. The number of benzene rings is 1. The summed E-state index contributed by atoms with van der Waals surface area (Å²) in [5.41, 5.74) is 0.834. The highest BCUT2D eigenvalue weighted by molar-refractivity contribution is 5.75. The molecule has 1 aromatic heterocycles. The summed E-state index contributed by atoms with van der Waals surface area (Å²) in [5, 5.41) is 7.18. The van der Waals surface area contributed by atoms with Crippen molar-refractivity contribution >= 4 is 5.91 Å². The maximum atomic E-state index is 12.4. The van der Waals surface area contributed by atoms with Crippen molar-refractivity contribution in [3.05, 3.63) is 40.1 Å². The number of hydrogen-bond donors (Lipinski definition) is 1. The molecule has 1 amide bonds. The van der Waals surface area contributed by atoms with E-state index in [2.05, 4.69) is 10.4 Å². The van der Waals surface area contributed by atoms with Crippen LogP contribution in [0.25, 0.3) is 0 Å². The van der Waals surface area contributed by atoms with Crippen molar-refractivity contribution in [1.29, 1.82) is 0 Å². The number of fused-ring (bicyclic) bond motifs is 1. The van der Waals surface area contributed by atoms with Gasteiger partial charge in [-0.15, -0.1) is 0 Å². The summed E-state index contributed by atoms with van der Waals surface area (Å²) in [5.74, 6) is 1.90. The van der Waals surface area contributed by atoms with Gasteiger partial charge in [-0.25, -0.2) is 9.48 Å². The summed E-state index contributed by atoms with van der Waals surface area (Å²) in [7, 11) is 3.18. The molecule has 27 heavy (non-hydrogen) atoms. The number of rotatable bonds is 7. The number of aromatic nitrogens is 3. The van der Waals surface area contributed by atoms with E-state index >= 15 is 0 Å². The van der Waals surface area contributed by atoms with Gasteiger partial charge < -0.3 is 14.8 Å². The molecular formula is C19H26N4O4. The topological polar surface area (TPSA) is 87.4 Å². The largest absolute Gasteiger partial charge is 0.493 e. The first-order chi connectivity index (χ1) is 13.1. The van der Waals surface area contributed by atoms with E-state index in [1.807, 2.05) is 18.2 Å². The number of aryl methyl sites for hydroxylation is 1. The normalized spacial score (nSPS) is 13.6. The number of hydrogen-bond acceptors (Lipinski definition) is 5. The zero-order valence-electron chi connectivity index (χ0n) is 15.9. The lowest BCUT2D eigenvalue weighted by molar-refractivity contribution is -0.121. The fraction of sp³-hybridized carbons (Fsp3) is 0.526. The maximum absolute atomic E-state index is 12.4. The third-order valence-corrected chi connectivity index (χ3v) is 4.76. The lowest BCUT2D eigenvalue weighted by Gasteiger charge is -2.10. The molecule has 0 bridgehead atoms. The summed E-state index contributed by atoms with van der Waals surface area (Å²) in [4.78, 5) is 24.6. The Morgan fingerprint density at radius 1 is 1.19 bits per heavy atom. The molecule has 0 saturated heterocycles. The summed E-state index contributed by atoms with van der Waals surface area (Å²) in [6.07, 6.45) is 4.58. The minimum atomic E-state index is -0.217. The molecule has 0 saturated carbocycles. The fourth-order valence-corrected chi connectivity index (χ4v) is 3.30. The van der Waals surface area contributed by atoms with Gasteiger partial charge in [-0.2, -0.15) is 5.10 Å². The minimum absolute atomic E-state index is 0.0508. The van der Waals surface area contributed by atoms with Crippen LogP contribution in [-0.4, -0.2) is 41.0 Å². The Morgan fingerprint density at radius 2 is 2.00 bits per heavy atom. The van der Waals surface area contributed by atoms with Crippen molar-refractivity contribution in [2.24, 2.45) is 0 Å². The zero-order valence-corrected chi connectivity index (χ0v) is 15.9. The van der Waals surface area contributed by atoms with Crippen molar-refractivity contribution in [2.45, 2.75) is 45.2 Å². The molecule has 8 nitrogen and oxygen atoms in total. The minimum Gasteiger partial charge on any atom is -0.493 e. The number of nitrogens with zero attached hydrogens (tertiary/aromatic N) is 3. The van der Waals surface area contributed by atoms with Crippen LogP contribution in [0.4, 0.5) is 0 Å². The average Bonchev–Trinajstić information content (AvgIpc) is 2.84. The van der Waals surface area contributed by atoms with Crippen LogP contribution in [-0.2, 0) is 30.7 Å². The van der Waals surface area contributed by atoms with Crippen LogP contribution in [0.2, 0.25) is 0 Å². The van der Waals surface area contributed by atoms with Gasteiger partial charge in [-0.3, -0.25) is 9.36 Å².